The third kappa shape index (κ3) is 5.43. The summed E-state index contributed by atoms with van der Waals surface area (Å²) in [4.78, 5) is 24.1. The number of rotatable bonds is 5. The second kappa shape index (κ2) is 8.57. The molecule has 0 saturated carbocycles. The predicted octanol–water partition coefficient (Wildman–Crippen LogP) is 3.76. The van der Waals surface area contributed by atoms with Crippen LogP contribution >= 0.6 is 0 Å². The minimum absolute atomic E-state index is 0.0908. The van der Waals surface area contributed by atoms with Gasteiger partial charge < -0.3 is 10.6 Å². The molecule has 0 saturated heterocycles. The number of hydrogen-bond donors (Lipinski definition) is 3. The fourth-order valence-corrected chi connectivity index (χ4v) is 3.45. The number of sulfonamides is 1. The van der Waals surface area contributed by atoms with Crippen molar-refractivity contribution in [1.29, 1.82) is 0 Å². The van der Waals surface area contributed by atoms with Crippen molar-refractivity contribution in [2.24, 2.45) is 0 Å². The Morgan fingerprint density at radius 1 is 0.724 bits per heavy atom. The summed E-state index contributed by atoms with van der Waals surface area (Å²) in [5.74, 6) is -0.713. The molecule has 0 spiro atoms. The molecule has 3 N–H and O–H groups in total. The maximum atomic E-state index is 12.4. The average Bonchev–Trinajstić information content (AvgIpc) is 2.69. The lowest BCUT2D eigenvalue weighted by molar-refractivity contribution is 0.0981. The van der Waals surface area contributed by atoms with Gasteiger partial charge in [0, 0.05) is 16.9 Å². The highest BCUT2D eigenvalue weighted by Crippen LogP contribution is 2.15. The van der Waals surface area contributed by atoms with Gasteiger partial charge in [0.05, 0.1) is 4.90 Å². The molecule has 0 radical (unpaired) electrons. The summed E-state index contributed by atoms with van der Waals surface area (Å²) in [6.07, 6.45) is 0. The van der Waals surface area contributed by atoms with Crippen molar-refractivity contribution in [2.45, 2.75) is 11.8 Å². The van der Waals surface area contributed by atoms with Crippen LogP contribution in [0.3, 0.4) is 0 Å². The first-order chi connectivity index (χ1) is 13.8. The summed E-state index contributed by atoms with van der Waals surface area (Å²) in [7, 11) is -4.04. The van der Waals surface area contributed by atoms with E-state index < -0.39 is 22.0 Å². The monoisotopic (exact) mass is 409 g/mol. The van der Waals surface area contributed by atoms with E-state index in [1.165, 1.54) is 24.3 Å². The van der Waals surface area contributed by atoms with Gasteiger partial charge in [0.25, 0.3) is 15.9 Å². The number of anilines is 2. The number of carbonyl (C=O) groups excluding carboxylic acids is 2. The van der Waals surface area contributed by atoms with Gasteiger partial charge in [0.1, 0.15) is 0 Å². The Morgan fingerprint density at radius 3 is 1.86 bits per heavy atom. The number of aryl methyl sites for hydroxylation is 1. The van der Waals surface area contributed by atoms with E-state index in [4.69, 9.17) is 0 Å². The van der Waals surface area contributed by atoms with Gasteiger partial charge in [-0.1, -0.05) is 35.9 Å². The molecule has 0 unspecified atom stereocenters. The summed E-state index contributed by atoms with van der Waals surface area (Å²) in [5.41, 5.74) is 2.24. The minimum atomic E-state index is -4.04. The quantitative estimate of drug-likeness (QED) is 0.597. The molecule has 8 heteroatoms. The minimum Gasteiger partial charge on any atom is -0.308 e. The molecule has 3 amide bonds. The van der Waals surface area contributed by atoms with Crippen molar-refractivity contribution in [3.8, 4) is 0 Å². The third-order valence-corrected chi connectivity index (χ3v) is 5.34. The zero-order valence-electron chi connectivity index (χ0n) is 15.5. The van der Waals surface area contributed by atoms with Crippen LogP contribution in [0.4, 0.5) is 16.2 Å². The molecular weight excluding hydrogens is 390 g/mol. The molecule has 0 atom stereocenters. The second-order valence-corrected chi connectivity index (χ2v) is 7.95. The fourth-order valence-electron chi connectivity index (χ4n) is 2.48. The molecule has 3 aromatic rings. The Labute approximate surface area is 168 Å². The molecule has 0 bridgehead atoms. The van der Waals surface area contributed by atoms with Crippen LogP contribution in [0.15, 0.2) is 83.8 Å². The molecule has 0 aliphatic carbocycles. The molecule has 3 aromatic carbocycles. The molecule has 148 valence electrons. The average molecular weight is 409 g/mol. The molecule has 29 heavy (non-hydrogen) atoms. The molecule has 0 heterocycles. The number of urea groups is 1. The summed E-state index contributed by atoms with van der Waals surface area (Å²) in [5, 5.41) is 5.27. The van der Waals surface area contributed by atoms with Crippen LogP contribution in [0.5, 0.6) is 0 Å². The topological polar surface area (TPSA) is 104 Å². The van der Waals surface area contributed by atoms with Gasteiger partial charge in [-0.15, -0.1) is 0 Å². The molecule has 0 aromatic heterocycles. The Bertz CT molecular complexity index is 1110. The number of para-hydroxylation sites is 1. The van der Waals surface area contributed by atoms with Crippen molar-refractivity contribution in [1.82, 2.24) is 4.72 Å². The number of hydrogen-bond acceptors (Lipinski definition) is 4. The van der Waals surface area contributed by atoms with Crippen LogP contribution in [0.2, 0.25) is 0 Å². The Kier molecular flexibility index (Phi) is 5.94. The van der Waals surface area contributed by atoms with E-state index in [1.54, 1.807) is 48.5 Å². The first kappa shape index (κ1) is 20.1. The van der Waals surface area contributed by atoms with E-state index in [-0.39, 0.29) is 10.5 Å². The number of amides is 3. The molecule has 0 fully saturated rings. The van der Waals surface area contributed by atoms with Crippen molar-refractivity contribution in [3.05, 3.63) is 90.0 Å². The maximum absolute atomic E-state index is 12.4. The van der Waals surface area contributed by atoms with Gasteiger partial charge in [0.15, 0.2) is 0 Å². The van der Waals surface area contributed by atoms with Crippen LogP contribution in [0, 0.1) is 6.92 Å². The number of benzene rings is 3. The van der Waals surface area contributed by atoms with Gasteiger partial charge in [0.2, 0.25) is 0 Å². The van der Waals surface area contributed by atoms with Gasteiger partial charge >= 0.3 is 6.03 Å². The van der Waals surface area contributed by atoms with Crippen molar-refractivity contribution >= 4 is 33.3 Å². The summed E-state index contributed by atoms with van der Waals surface area (Å²) in [6.45, 7) is 1.87. The van der Waals surface area contributed by atoms with E-state index in [9.17, 15) is 18.0 Å². The van der Waals surface area contributed by atoms with Crippen LogP contribution in [0.1, 0.15) is 15.9 Å². The second-order valence-electron chi connectivity index (χ2n) is 6.27. The van der Waals surface area contributed by atoms with Crippen molar-refractivity contribution in [3.63, 3.8) is 0 Å². The molecule has 0 aliphatic rings. The van der Waals surface area contributed by atoms with Crippen LogP contribution in [0.25, 0.3) is 0 Å². The Hall–Kier alpha value is -3.65. The van der Waals surface area contributed by atoms with Crippen LogP contribution in [-0.4, -0.2) is 20.4 Å². The summed E-state index contributed by atoms with van der Waals surface area (Å²) >= 11 is 0. The maximum Gasteiger partial charge on any atom is 0.323 e. The van der Waals surface area contributed by atoms with Gasteiger partial charge in [-0.05, 0) is 55.5 Å². The molecular formula is C21H19N3O4S. The normalized spacial score (nSPS) is 10.8. The van der Waals surface area contributed by atoms with Gasteiger partial charge in [-0.25, -0.2) is 17.9 Å². The molecule has 0 aliphatic heterocycles. The van der Waals surface area contributed by atoms with E-state index in [2.05, 4.69) is 10.6 Å². The predicted molar refractivity (Wildman–Crippen MR) is 111 cm³/mol. The third-order valence-electron chi connectivity index (χ3n) is 3.99. The fraction of sp³-hybridized carbons (Fsp3) is 0.0476. The van der Waals surface area contributed by atoms with Crippen LogP contribution < -0.4 is 15.4 Å². The smallest absolute Gasteiger partial charge is 0.308 e. The van der Waals surface area contributed by atoms with E-state index in [0.717, 1.165) is 5.56 Å². The SMILES string of the molecule is Cc1ccc(C(=O)NS(=O)(=O)c2ccc(NC(=O)Nc3ccccc3)cc2)cc1. The Morgan fingerprint density at radius 2 is 1.28 bits per heavy atom. The largest absolute Gasteiger partial charge is 0.323 e. The van der Waals surface area contributed by atoms with E-state index >= 15 is 0 Å². The van der Waals surface area contributed by atoms with Gasteiger partial charge in [-0.2, -0.15) is 0 Å². The highest BCUT2D eigenvalue weighted by atomic mass is 32.2. The van der Waals surface area contributed by atoms with E-state index in [0.29, 0.717) is 11.4 Å². The standard InChI is InChI=1S/C21H19N3O4S/c1-15-7-9-16(10-8-15)20(25)24-29(27,28)19-13-11-18(12-14-19)23-21(26)22-17-5-3-2-4-6-17/h2-14H,1H3,(H,24,25)(H2,22,23,26). The lowest BCUT2D eigenvalue weighted by Gasteiger charge is -2.10. The molecule has 7 nitrogen and oxygen atoms in total. The summed E-state index contributed by atoms with van der Waals surface area (Å²) < 4.78 is 26.9. The van der Waals surface area contributed by atoms with Crippen molar-refractivity contribution < 1.29 is 18.0 Å². The van der Waals surface area contributed by atoms with Crippen molar-refractivity contribution in [2.75, 3.05) is 10.6 Å². The Balaban J connectivity index is 1.64. The lowest BCUT2D eigenvalue weighted by Crippen LogP contribution is -2.30. The van der Waals surface area contributed by atoms with E-state index in [1.807, 2.05) is 17.7 Å². The van der Waals surface area contributed by atoms with Gasteiger partial charge in [-0.3, -0.25) is 4.79 Å². The zero-order chi connectivity index (χ0) is 20.9. The highest BCUT2D eigenvalue weighted by Gasteiger charge is 2.18. The highest BCUT2D eigenvalue weighted by molar-refractivity contribution is 7.90. The number of nitrogens with one attached hydrogen (secondary N) is 3. The molecule has 3 rings (SSSR count). The number of carbonyl (C=O) groups is 2. The lowest BCUT2D eigenvalue weighted by atomic mass is 10.1. The first-order valence-corrected chi connectivity index (χ1v) is 10.2. The zero-order valence-corrected chi connectivity index (χ0v) is 16.4. The van der Waals surface area contributed by atoms with Crippen LogP contribution in [-0.2, 0) is 10.0 Å². The first-order valence-electron chi connectivity index (χ1n) is 8.70. The summed E-state index contributed by atoms with van der Waals surface area (Å²) in [6, 6.07) is 20.5.